The zero-order valence-corrected chi connectivity index (χ0v) is 32.9. The second-order valence-electron chi connectivity index (χ2n) is 14.6. The Morgan fingerprint density at radius 2 is 1.49 bits per heavy atom. The van der Waals surface area contributed by atoms with Crippen LogP contribution in [-0.2, 0) is 24.0 Å². The third-order valence-electron chi connectivity index (χ3n) is 10.6. The third kappa shape index (κ3) is 10.5. The summed E-state index contributed by atoms with van der Waals surface area (Å²) in [6.07, 6.45) is 3.84. The van der Waals surface area contributed by atoms with Crippen molar-refractivity contribution in [2.75, 3.05) is 23.8 Å². The van der Waals surface area contributed by atoms with Crippen LogP contribution in [0, 0.1) is 17.6 Å². The van der Waals surface area contributed by atoms with Gasteiger partial charge in [0.25, 0.3) is 11.8 Å². The fourth-order valence-corrected chi connectivity index (χ4v) is 8.92. The molecule has 0 spiro atoms. The minimum Gasteiger partial charge on any atom is -0.484 e. The Balaban J connectivity index is 1.22. The largest absolute Gasteiger partial charge is 0.484 e. The molecule has 1 aliphatic heterocycles. The van der Waals surface area contributed by atoms with Gasteiger partial charge in [-0.3, -0.25) is 24.1 Å². The van der Waals surface area contributed by atoms with Crippen molar-refractivity contribution in [3.05, 3.63) is 131 Å². The van der Waals surface area contributed by atoms with Crippen LogP contribution in [0.1, 0.15) is 73.4 Å². The van der Waals surface area contributed by atoms with Gasteiger partial charge in [-0.25, -0.2) is 13.6 Å². The molecule has 4 aromatic rings. The van der Waals surface area contributed by atoms with E-state index >= 15 is 0 Å². The summed E-state index contributed by atoms with van der Waals surface area (Å²) in [7, 11) is 0. The van der Waals surface area contributed by atoms with Crippen LogP contribution in [0.3, 0.4) is 0 Å². The van der Waals surface area contributed by atoms with Crippen molar-refractivity contribution in [3.63, 3.8) is 0 Å². The number of carbonyl (C=O) groups excluding carboxylic acids is 4. The molecule has 0 aromatic heterocycles. The summed E-state index contributed by atoms with van der Waals surface area (Å²) in [5.41, 5.74) is 7.37. The van der Waals surface area contributed by atoms with Crippen LogP contribution in [-0.4, -0.2) is 74.9 Å². The third-order valence-corrected chi connectivity index (χ3v) is 12.0. The van der Waals surface area contributed by atoms with E-state index in [1.165, 1.54) is 77.3 Å². The van der Waals surface area contributed by atoms with Crippen molar-refractivity contribution in [2.45, 2.75) is 68.0 Å². The van der Waals surface area contributed by atoms with E-state index in [1.54, 1.807) is 42.5 Å². The number of nitrogens with two attached hydrogens (primary N) is 1. The lowest BCUT2D eigenvalue weighted by Crippen LogP contribution is -2.57. The van der Waals surface area contributed by atoms with Gasteiger partial charge in [0.1, 0.15) is 28.7 Å². The summed E-state index contributed by atoms with van der Waals surface area (Å²) < 4.78 is 33.2. The van der Waals surface area contributed by atoms with Gasteiger partial charge in [0.15, 0.2) is 12.6 Å². The molecule has 1 saturated heterocycles. The molecule has 6 rings (SSSR count). The van der Waals surface area contributed by atoms with Crippen molar-refractivity contribution in [3.8, 4) is 5.75 Å². The zero-order chi connectivity index (χ0) is 42.1. The molecule has 5 N–H and O–H groups in total. The molecule has 15 heteroatoms. The number of halogens is 2. The van der Waals surface area contributed by atoms with Crippen LogP contribution in [0.25, 0.3) is 0 Å². The number of carbonyl (C=O) groups is 5. The number of thioether (sulfide) groups is 1. The predicted octanol–water partition coefficient (Wildman–Crippen LogP) is 5.86. The average molecular weight is 829 g/mol. The minimum atomic E-state index is -1.73. The summed E-state index contributed by atoms with van der Waals surface area (Å²) in [6, 6.07) is 21.8. The van der Waals surface area contributed by atoms with Gasteiger partial charge in [-0.2, -0.15) is 0 Å². The van der Waals surface area contributed by atoms with Crippen LogP contribution in [0.5, 0.6) is 5.75 Å². The Morgan fingerprint density at radius 3 is 2.10 bits per heavy atom. The molecule has 310 valence electrons. The molecule has 1 heterocycles. The quantitative estimate of drug-likeness (QED) is 0.0943. The Labute approximate surface area is 344 Å². The number of nitrogens with one attached hydrogen (secondary N) is 1. The maximum Gasteiger partial charge on any atom is 0.331 e. The van der Waals surface area contributed by atoms with Crippen LogP contribution in [0.4, 0.5) is 14.5 Å². The molecule has 0 unspecified atom stereocenters. The maximum absolute atomic E-state index is 14.4. The van der Waals surface area contributed by atoms with Crippen LogP contribution < -0.4 is 20.7 Å². The van der Waals surface area contributed by atoms with Crippen molar-refractivity contribution in [1.82, 2.24) is 10.2 Å². The standard InChI is InChI=1S/C44H46F2N4O8S/c45-31-15-11-28(12-16-31)36(51)26-59-41-39(49(43(41)55)33-19-17-32(46)18-20-33)30-13-21-34(22-14-30)58-25-38(53)50(40(44(56)57)29-9-5-2-6-10-29)42(54)35(48-37(52)24-47)23-27-7-3-1-4-8-27/h2,5-6,9-22,27,35-36,39-41,51H,1,3-4,7-8,23-26,47H2,(H,48,52)(H,56,57)/t35-,36+,39-,40-,41-/m1/s1. The van der Waals surface area contributed by atoms with E-state index in [0.29, 0.717) is 21.7 Å². The van der Waals surface area contributed by atoms with Crippen molar-refractivity contribution in [1.29, 1.82) is 0 Å². The molecular weight excluding hydrogens is 783 g/mol. The SMILES string of the molecule is NCC(=O)N[C@H](CC1CCCCC1)C(=O)N(C(=O)COc1ccc([C@@H]2[C@@H](SC[C@H](O)c3ccc(F)cc3)C(=O)N2c2ccc(F)cc2)cc1)[C@@H](C(=O)O)c1ccccc1. The summed E-state index contributed by atoms with van der Waals surface area (Å²) in [4.78, 5) is 69.5. The number of amides is 4. The molecular formula is C44H46F2N4O8S. The van der Waals surface area contributed by atoms with Gasteiger partial charge in [-0.1, -0.05) is 86.7 Å². The number of hydrogen-bond acceptors (Lipinski definition) is 9. The molecule has 4 aromatic carbocycles. The number of aliphatic hydroxyl groups is 1. The number of anilines is 1. The highest BCUT2D eigenvalue weighted by Crippen LogP contribution is 2.46. The van der Waals surface area contributed by atoms with E-state index < -0.39 is 78.0 Å². The topological polar surface area (TPSA) is 180 Å². The number of β-lactam (4-membered cyclic amide) rings is 1. The van der Waals surface area contributed by atoms with E-state index in [1.807, 2.05) is 0 Å². The van der Waals surface area contributed by atoms with Gasteiger partial charge in [0.05, 0.1) is 18.7 Å². The number of benzene rings is 4. The number of carboxylic acid groups (broad SMARTS) is 1. The molecule has 5 atom stereocenters. The van der Waals surface area contributed by atoms with Crippen molar-refractivity contribution < 1.29 is 47.7 Å². The monoisotopic (exact) mass is 828 g/mol. The Bertz CT molecular complexity index is 2090. The highest BCUT2D eigenvalue weighted by molar-refractivity contribution is 8.00. The van der Waals surface area contributed by atoms with Crippen LogP contribution in [0.2, 0.25) is 0 Å². The Morgan fingerprint density at radius 1 is 0.864 bits per heavy atom. The number of imide groups is 1. The Hall–Kier alpha value is -5.64. The van der Waals surface area contributed by atoms with Gasteiger partial charge >= 0.3 is 5.97 Å². The lowest BCUT2D eigenvalue weighted by Gasteiger charge is -2.47. The summed E-state index contributed by atoms with van der Waals surface area (Å²) in [6.45, 7) is -1.14. The van der Waals surface area contributed by atoms with E-state index in [9.17, 15) is 43.0 Å². The molecule has 0 bridgehead atoms. The molecule has 1 aliphatic carbocycles. The molecule has 59 heavy (non-hydrogen) atoms. The average Bonchev–Trinajstić information content (AvgIpc) is 3.24. The van der Waals surface area contributed by atoms with E-state index in [2.05, 4.69) is 5.32 Å². The number of rotatable bonds is 17. The normalized spacial score (nSPS) is 18.2. The number of hydrogen-bond donors (Lipinski definition) is 4. The lowest BCUT2D eigenvalue weighted by atomic mass is 9.84. The molecule has 1 saturated carbocycles. The fraction of sp³-hybridized carbons (Fsp3) is 0.341. The van der Waals surface area contributed by atoms with E-state index in [4.69, 9.17) is 10.5 Å². The maximum atomic E-state index is 14.4. The summed E-state index contributed by atoms with van der Waals surface area (Å²) in [5, 5.41) is 23.2. The Kier molecular flexibility index (Phi) is 14.5. The van der Waals surface area contributed by atoms with Gasteiger partial charge < -0.3 is 30.9 Å². The first-order valence-corrected chi connectivity index (χ1v) is 20.5. The molecule has 0 radical (unpaired) electrons. The number of ether oxygens (including phenoxy) is 1. The zero-order valence-electron chi connectivity index (χ0n) is 32.1. The number of aliphatic carboxylic acids is 1. The van der Waals surface area contributed by atoms with Crippen molar-refractivity contribution in [2.24, 2.45) is 11.7 Å². The molecule has 2 aliphatic rings. The second-order valence-corrected chi connectivity index (χ2v) is 15.8. The minimum absolute atomic E-state index is 0.0744. The fourth-order valence-electron chi connectivity index (χ4n) is 7.62. The summed E-state index contributed by atoms with van der Waals surface area (Å²) in [5.74, 6) is -4.68. The van der Waals surface area contributed by atoms with Crippen molar-refractivity contribution >= 4 is 47.0 Å². The first-order valence-electron chi connectivity index (χ1n) is 19.4. The lowest BCUT2D eigenvalue weighted by molar-refractivity contribution is -0.160. The highest BCUT2D eigenvalue weighted by Gasteiger charge is 2.49. The van der Waals surface area contributed by atoms with Gasteiger partial charge in [0.2, 0.25) is 11.8 Å². The smallest absolute Gasteiger partial charge is 0.331 e. The highest BCUT2D eigenvalue weighted by atomic mass is 32.2. The van der Waals surface area contributed by atoms with Crippen LogP contribution in [0.15, 0.2) is 103 Å². The molecule has 12 nitrogen and oxygen atoms in total. The first kappa shape index (κ1) is 43.0. The molecule has 2 fully saturated rings. The molecule has 4 amide bonds. The van der Waals surface area contributed by atoms with Gasteiger partial charge in [-0.15, -0.1) is 11.8 Å². The summed E-state index contributed by atoms with van der Waals surface area (Å²) >= 11 is 1.22. The van der Waals surface area contributed by atoms with Crippen LogP contribution >= 0.6 is 11.8 Å². The second kappa shape index (κ2) is 19.9. The van der Waals surface area contributed by atoms with E-state index in [-0.39, 0.29) is 35.3 Å². The first-order chi connectivity index (χ1) is 28.4. The van der Waals surface area contributed by atoms with Gasteiger partial charge in [0, 0.05) is 11.4 Å². The number of nitrogens with zero attached hydrogens (tertiary/aromatic N) is 2. The predicted molar refractivity (Wildman–Crippen MR) is 217 cm³/mol. The van der Waals surface area contributed by atoms with Gasteiger partial charge in [-0.05, 0) is 77.6 Å². The van der Waals surface area contributed by atoms with E-state index in [0.717, 1.165) is 32.1 Å². The number of carboxylic acids is 1. The number of aliphatic hydroxyl groups excluding tert-OH is 1.